The van der Waals surface area contributed by atoms with Gasteiger partial charge in [-0.15, -0.1) is 0 Å². The maximum Gasteiger partial charge on any atom is 0.345 e. The summed E-state index contributed by atoms with van der Waals surface area (Å²) in [5.74, 6) is -0.701. The smallest absolute Gasteiger partial charge is 0.345 e. The molecule has 0 aliphatic rings. The average molecular weight is 381 g/mol. The highest BCUT2D eigenvalue weighted by molar-refractivity contribution is 6.29. The van der Waals surface area contributed by atoms with Crippen molar-refractivity contribution in [2.75, 3.05) is 6.61 Å². The molecule has 0 N–H and O–H groups in total. The Morgan fingerprint density at radius 2 is 2.07 bits per heavy atom. The minimum absolute atomic E-state index is 0.0727. The molecule has 8 heteroatoms. The van der Waals surface area contributed by atoms with Crippen LogP contribution in [-0.4, -0.2) is 26.5 Å². The number of esters is 1. The van der Waals surface area contributed by atoms with Gasteiger partial charge in [0, 0.05) is 7.05 Å². The first-order chi connectivity index (χ1) is 13.0. The number of nitrogens with zero attached hydrogens (tertiary/aromatic N) is 4. The van der Waals surface area contributed by atoms with Crippen LogP contribution in [0.3, 0.4) is 0 Å². The highest BCUT2D eigenvalue weighted by atomic mass is 35.5. The summed E-state index contributed by atoms with van der Waals surface area (Å²) in [5.41, 5.74) is 1.94. The van der Waals surface area contributed by atoms with Crippen LogP contribution in [0.1, 0.15) is 17.3 Å². The Morgan fingerprint density at radius 3 is 2.78 bits per heavy atom. The molecule has 1 aromatic carbocycles. The maximum atomic E-state index is 13.1. The molecular formula is C19H13ClN4O3. The molecule has 3 heterocycles. The topological polar surface area (TPSA) is 70.0 Å². The Balaban J connectivity index is 2.36. The third-order valence-electron chi connectivity index (χ3n) is 4.45. The fraction of sp³-hybridized carbons (Fsp3) is 0.158. The van der Waals surface area contributed by atoms with E-state index in [1.165, 1.54) is 6.07 Å². The predicted molar refractivity (Wildman–Crippen MR) is 103 cm³/mol. The lowest BCUT2D eigenvalue weighted by Gasteiger charge is -2.09. The van der Waals surface area contributed by atoms with E-state index in [2.05, 4.69) is 9.83 Å². The summed E-state index contributed by atoms with van der Waals surface area (Å²) in [5, 5.41) is 0.471. The van der Waals surface area contributed by atoms with Gasteiger partial charge in [0.25, 0.3) is 0 Å². The Labute approximate surface area is 158 Å². The van der Waals surface area contributed by atoms with Crippen molar-refractivity contribution < 1.29 is 9.53 Å². The Hall–Kier alpha value is -3.37. The lowest BCUT2D eigenvalue weighted by molar-refractivity contribution is 0.0526. The molecule has 0 aliphatic heterocycles. The molecule has 27 heavy (non-hydrogen) atoms. The van der Waals surface area contributed by atoms with Crippen LogP contribution in [0.4, 0.5) is 5.69 Å². The highest BCUT2D eigenvalue weighted by Gasteiger charge is 2.25. The monoisotopic (exact) mass is 380 g/mol. The Morgan fingerprint density at radius 1 is 1.30 bits per heavy atom. The van der Waals surface area contributed by atoms with Crippen molar-refractivity contribution in [1.82, 2.24) is 14.0 Å². The number of carbonyl (C=O) groups excluding carboxylic acids is 1. The Kier molecular flexibility index (Phi) is 3.86. The van der Waals surface area contributed by atoms with Gasteiger partial charge in [-0.05, 0) is 31.2 Å². The molecule has 0 unspecified atom stereocenters. The SMILES string of the molecule is [C-]#[N+]c1ccc2c(c1)n1c3nc(Cl)ccc3c(=O)c(C(=O)OCC)c1n2C. The zero-order valence-corrected chi connectivity index (χ0v) is 15.2. The number of rotatable bonds is 2. The molecule has 0 saturated carbocycles. The Bertz CT molecular complexity index is 1360. The van der Waals surface area contributed by atoms with Gasteiger partial charge in [0.15, 0.2) is 11.3 Å². The van der Waals surface area contributed by atoms with Gasteiger partial charge in [-0.25, -0.2) is 14.6 Å². The van der Waals surface area contributed by atoms with Gasteiger partial charge >= 0.3 is 5.97 Å². The first-order valence-electron chi connectivity index (χ1n) is 8.16. The molecule has 0 spiro atoms. The first-order valence-corrected chi connectivity index (χ1v) is 8.53. The van der Waals surface area contributed by atoms with Crippen LogP contribution in [0.5, 0.6) is 0 Å². The quantitative estimate of drug-likeness (QED) is 0.302. The second-order valence-electron chi connectivity index (χ2n) is 5.93. The number of aryl methyl sites for hydroxylation is 1. The molecular weight excluding hydrogens is 368 g/mol. The average Bonchev–Trinajstić information content (AvgIpc) is 2.94. The molecule has 134 valence electrons. The van der Waals surface area contributed by atoms with E-state index in [0.29, 0.717) is 22.5 Å². The normalized spacial score (nSPS) is 11.2. The van der Waals surface area contributed by atoms with Gasteiger partial charge in [0.05, 0.1) is 29.6 Å². The lowest BCUT2D eigenvalue weighted by atomic mass is 10.2. The van der Waals surface area contributed by atoms with Crippen molar-refractivity contribution in [3.63, 3.8) is 0 Å². The van der Waals surface area contributed by atoms with Crippen LogP contribution < -0.4 is 5.43 Å². The summed E-state index contributed by atoms with van der Waals surface area (Å²) in [6, 6.07) is 8.18. The van der Waals surface area contributed by atoms with Gasteiger partial charge in [0.1, 0.15) is 16.4 Å². The lowest BCUT2D eigenvalue weighted by Crippen LogP contribution is -2.21. The molecule has 0 amide bonds. The minimum Gasteiger partial charge on any atom is -0.462 e. The van der Waals surface area contributed by atoms with Crippen molar-refractivity contribution in [2.45, 2.75) is 6.92 Å². The molecule has 3 aromatic heterocycles. The van der Waals surface area contributed by atoms with Crippen molar-refractivity contribution in [3.8, 4) is 0 Å². The van der Waals surface area contributed by atoms with Crippen molar-refractivity contribution in [1.29, 1.82) is 0 Å². The molecule has 0 radical (unpaired) electrons. The van der Waals surface area contributed by atoms with Gasteiger partial charge < -0.3 is 9.30 Å². The third kappa shape index (κ3) is 2.38. The molecule has 0 bridgehead atoms. The van der Waals surface area contributed by atoms with Gasteiger partial charge in [-0.2, -0.15) is 0 Å². The molecule has 0 saturated heterocycles. The molecule has 0 atom stereocenters. The summed E-state index contributed by atoms with van der Waals surface area (Å²) < 4.78 is 8.53. The molecule has 4 rings (SSSR count). The van der Waals surface area contributed by atoms with Crippen LogP contribution in [0.15, 0.2) is 35.1 Å². The summed E-state index contributed by atoms with van der Waals surface area (Å²) in [6.07, 6.45) is 0. The van der Waals surface area contributed by atoms with E-state index in [1.807, 2.05) is 0 Å². The van der Waals surface area contributed by atoms with E-state index in [1.54, 1.807) is 47.2 Å². The number of fused-ring (bicyclic) bond motifs is 5. The highest BCUT2D eigenvalue weighted by Crippen LogP contribution is 2.29. The largest absolute Gasteiger partial charge is 0.462 e. The van der Waals surface area contributed by atoms with Gasteiger partial charge in [-0.1, -0.05) is 17.7 Å². The summed E-state index contributed by atoms with van der Waals surface area (Å²) in [7, 11) is 1.74. The van der Waals surface area contributed by atoms with Crippen LogP contribution in [0.25, 0.3) is 32.6 Å². The van der Waals surface area contributed by atoms with Crippen LogP contribution in [0, 0.1) is 6.57 Å². The van der Waals surface area contributed by atoms with E-state index in [-0.39, 0.29) is 22.7 Å². The number of halogens is 1. The molecule has 4 aromatic rings. The van der Waals surface area contributed by atoms with E-state index >= 15 is 0 Å². The number of benzene rings is 1. The number of imidazole rings is 1. The number of carbonyl (C=O) groups is 1. The third-order valence-corrected chi connectivity index (χ3v) is 4.66. The summed E-state index contributed by atoms with van der Waals surface area (Å²) in [4.78, 5) is 33.4. The number of hydrogen-bond acceptors (Lipinski definition) is 4. The fourth-order valence-electron chi connectivity index (χ4n) is 3.31. The van der Waals surface area contributed by atoms with Gasteiger partial charge in [0.2, 0.25) is 5.43 Å². The summed E-state index contributed by atoms with van der Waals surface area (Å²) in [6.45, 7) is 9.10. The van der Waals surface area contributed by atoms with Crippen LogP contribution >= 0.6 is 11.6 Å². The number of aromatic nitrogens is 3. The first kappa shape index (κ1) is 17.1. The van der Waals surface area contributed by atoms with E-state index in [0.717, 1.165) is 5.52 Å². The van der Waals surface area contributed by atoms with Crippen LogP contribution in [0.2, 0.25) is 5.15 Å². The van der Waals surface area contributed by atoms with E-state index in [9.17, 15) is 9.59 Å². The number of ether oxygens (including phenoxy) is 1. The van der Waals surface area contributed by atoms with Crippen molar-refractivity contribution >= 4 is 51.0 Å². The second kappa shape index (κ2) is 6.11. The van der Waals surface area contributed by atoms with E-state index < -0.39 is 11.4 Å². The zero-order chi connectivity index (χ0) is 19.3. The number of hydrogen-bond donors (Lipinski definition) is 0. The number of pyridine rings is 2. The molecule has 0 fully saturated rings. The fourth-order valence-corrected chi connectivity index (χ4v) is 3.46. The van der Waals surface area contributed by atoms with Gasteiger partial charge in [-0.3, -0.25) is 9.20 Å². The van der Waals surface area contributed by atoms with Crippen LogP contribution in [-0.2, 0) is 11.8 Å². The van der Waals surface area contributed by atoms with Crippen molar-refractivity contribution in [3.05, 3.63) is 62.7 Å². The predicted octanol–water partition coefficient (Wildman–Crippen LogP) is 3.72. The maximum absolute atomic E-state index is 13.1. The molecule has 7 nitrogen and oxygen atoms in total. The second-order valence-corrected chi connectivity index (χ2v) is 6.32. The molecule has 0 aliphatic carbocycles. The minimum atomic E-state index is -0.701. The van der Waals surface area contributed by atoms with E-state index in [4.69, 9.17) is 22.9 Å². The summed E-state index contributed by atoms with van der Waals surface area (Å²) >= 11 is 6.07. The zero-order valence-electron chi connectivity index (χ0n) is 14.5. The van der Waals surface area contributed by atoms with Crippen molar-refractivity contribution in [2.24, 2.45) is 7.05 Å². The standard InChI is InChI=1S/C19H13ClN4O3/c1-4-27-19(26)15-16(25)11-6-8-14(20)22-17(11)24-13-9-10(21-2)5-7-12(13)23(3)18(15)24/h5-9H,4H2,1,3H3.